The molecule has 10 aromatic carbocycles. The second-order valence-electron chi connectivity index (χ2n) is 18.4. The van der Waals surface area contributed by atoms with Gasteiger partial charge in [0, 0.05) is 38.7 Å². The van der Waals surface area contributed by atoms with Gasteiger partial charge in [-0.15, -0.1) is 0 Å². The van der Waals surface area contributed by atoms with Crippen LogP contribution in [-0.2, 0) is 10.8 Å². The van der Waals surface area contributed by atoms with E-state index in [4.69, 9.17) is 4.42 Å². The minimum Gasteiger partial charge on any atom is -0.455 e. The van der Waals surface area contributed by atoms with Gasteiger partial charge in [-0.25, -0.2) is 0 Å². The maximum Gasteiger partial charge on any atom is 0.143 e. The summed E-state index contributed by atoms with van der Waals surface area (Å²) in [6.07, 6.45) is 0. The van der Waals surface area contributed by atoms with Gasteiger partial charge in [-0.1, -0.05) is 214 Å². The molecule has 0 N–H and O–H groups in total. The van der Waals surface area contributed by atoms with Gasteiger partial charge in [-0.05, 0) is 103 Å². The van der Waals surface area contributed by atoms with Crippen molar-refractivity contribution in [2.75, 3.05) is 4.90 Å². The summed E-state index contributed by atoms with van der Waals surface area (Å²) >= 11 is 0. The van der Waals surface area contributed by atoms with Crippen LogP contribution in [0.1, 0.15) is 47.2 Å². The van der Waals surface area contributed by atoms with E-state index in [1.165, 1.54) is 66.8 Å². The lowest BCUT2D eigenvalue weighted by Crippen LogP contribution is -2.28. The van der Waals surface area contributed by atoms with Crippen LogP contribution in [0.2, 0.25) is 0 Å². The van der Waals surface area contributed by atoms with Gasteiger partial charge in [0.15, 0.2) is 0 Å². The lowest BCUT2D eigenvalue weighted by Gasteiger charge is -2.35. The molecule has 1 atom stereocenters. The average molecular weight is 844 g/mol. The predicted octanol–water partition coefficient (Wildman–Crippen LogP) is 17.1. The highest BCUT2D eigenvalue weighted by Gasteiger charge is 2.46. The molecule has 2 nitrogen and oxygen atoms in total. The highest BCUT2D eigenvalue weighted by Crippen LogP contribution is 2.58. The molecular weight excluding hydrogens is 799 g/mol. The Hall–Kier alpha value is -8.20. The van der Waals surface area contributed by atoms with Crippen LogP contribution in [0, 0.1) is 0 Å². The fraction of sp³-hybridized carbons (Fsp3) is 0.0625. The molecule has 11 aromatic rings. The lowest BCUT2D eigenvalue weighted by atomic mass is 9.67. The number of hydrogen-bond acceptors (Lipinski definition) is 2. The van der Waals surface area contributed by atoms with Crippen LogP contribution in [-0.4, -0.2) is 0 Å². The summed E-state index contributed by atoms with van der Waals surface area (Å²) < 4.78 is 6.54. The Labute approximate surface area is 385 Å². The van der Waals surface area contributed by atoms with Crippen LogP contribution in [0.4, 0.5) is 17.1 Å². The third-order valence-corrected chi connectivity index (χ3v) is 14.6. The molecule has 0 fully saturated rings. The summed E-state index contributed by atoms with van der Waals surface area (Å²) in [5, 5.41) is 2.27. The van der Waals surface area contributed by atoms with Crippen molar-refractivity contribution in [1.82, 2.24) is 0 Å². The zero-order valence-corrected chi connectivity index (χ0v) is 36.9. The number of para-hydroxylation sites is 3. The first-order valence-electron chi connectivity index (χ1n) is 23.0. The van der Waals surface area contributed by atoms with Gasteiger partial charge < -0.3 is 9.32 Å². The van der Waals surface area contributed by atoms with Crippen LogP contribution in [0.5, 0.6) is 0 Å². The first kappa shape index (κ1) is 38.3. The van der Waals surface area contributed by atoms with E-state index in [9.17, 15) is 0 Å². The minimum atomic E-state index is -0.612. The molecule has 0 saturated carbocycles. The molecule has 0 bridgehead atoms. The van der Waals surface area contributed by atoms with Gasteiger partial charge in [-0.3, -0.25) is 0 Å². The van der Waals surface area contributed by atoms with Crippen molar-refractivity contribution in [3.63, 3.8) is 0 Å². The Bertz CT molecular complexity index is 3670. The molecule has 0 radical (unpaired) electrons. The molecule has 1 aromatic heterocycles. The Balaban J connectivity index is 1.04. The predicted molar refractivity (Wildman–Crippen MR) is 274 cm³/mol. The van der Waals surface area contributed by atoms with E-state index in [2.05, 4.69) is 249 Å². The van der Waals surface area contributed by atoms with E-state index >= 15 is 0 Å². The summed E-state index contributed by atoms with van der Waals surface area (Å²) in [7, 11) is 0. The second kappa shape index (κ2) is 14.7. The molecule has 312 valence electrons. The third-order valence-electron chi connectivity index (χ3n) is 14.6. The zero-order valence-electron chi connectivity index (χ0n) is 36.9. The van der Waals surface area contributed by atoms with Crippen molar-refractivity contribution < 1.29 is 4.42 Å². The van der Waals surface area contributed by atoms with Crippen molar-refractivity contribution in [3.8, 4) is 44.5 Å². The van der Waals surface area contributed by atoms with Crippen LogP contribution in [0.3, 0.4) is 0 Å². The fourth-order valence-electron chi connectivity index (χ4n) is 11.5. The first-order chi connectivity index (χ1) is 32.5. The van der Waals surface area contributed by atoms with E-state index < -0.39 is 5.41 Å². The SMILES string of the molecule is CC1(C)c2ccccc2-c2ccc(N(c3ccc4c(c3)C(c3ccccc3)(c3ccc(-c5cccc6c5oc5ccccc56)cc3)c3ccccc3-4)c3ccccc3-c3ccccc3)cc21. The largest absolute Gasteiger partial charge is 0.455 e. The minimum absolute atomic E-state index is 0.156. The smallest absolute Gasteiger partial charge is 0.143 e. The van der Waals surface area contributed by atoms with E-state index in [0.29, 0.717) is 0 Å². The normalized spacial score (nSPS) is 15.3. The molecule has 0 saturated heterocycles. The van der Waals surface area contributed by atoms with Gasteiger partial charge >= 0.3 is 0 Å². The van der Waals surface area contributed by atoms with E-state index in [1.807, 2.05) is 6.07 Å². The highest BCUT2D eigenvalue weighted by atomic mass is 16.3. The van der Waals surface area contributed by atoms with Crippen LogP contribution >= 0.6 is 0 Å². The maximum absolute atomic E-state index is 6.54. The quantitative estimate of drug-likeness (QED) is 0.159. The number of nitrogens with zero attached hydrogens (tertiary/aromatic N) is 1. The molecule has 2 aliphatic carbocycles. The number of rotatable bonds is 7. The van der Waals surface area contributed by atoms with Gasteiger partial charge in [0.1, 0.15) is 11.2 Å². The fourth-order valence-corrected chi connectivity index (χ4v) is 11.5. The molecule has 2 aliphatic rings. The van der Waals surface area contributed by atoms with Crippen molar-refractivity contribution in [2.24, 2.45) is 0 Å². The first-order valence-corrected chi connectivity index (χ1v) is 23.0. The third kappa shape index (κ3) is 5.55. The zero-order chi connectivity index (χ0) is 44.0. The summed E-state index contributed by atoms with van der Waals surface area (Å²) in [5.41, 5.74) is 21.8. The van der Waals surface area contributed by atoms with Crippen LogP contribution in [0.25, 0.3) is 66.4 Å². The topological polar surface area (TPSA) is 16.4 Å². The van der Waals surface area contributed by atoms with E-state index in [-0.39, 0.29) is 5.41 Å². The number of fused-ring (bicyclic) bond motifs is 9. The van der Waals surface area contributed by atoms with Crippen LogP contribution < -0.4 is 4.90 Å². The van der Waals surface area contributed by atoms with Gasteiger partial charge in [-0.2, -0.15) is 0 Å². The van der Waals surface area contributed by atoms with Crippen molar-refractivity contribution in [3.05, 3.63) is 270 Å². The van der Waals surface area contributed by atoms with Gasteiger partial charge in [0.25, 0.3) is 0 Å². The molecular formula is C64H45NO. The van der Waals surface area contributed by atoms with E-state index in [0.717, 1.165) is 50.1 Å². The summed E-state index contributed by atoms with van der Waals surface area (Å²) in [6, 6.07) is 87.1. The van der Waals surface area contributed by atoms with Crippen molar-refractivity contribution in [2.45, 2.75) is 24.7 Å². The molecule has 0 amide bonds. The Kier molecular flexibility index (Phi) is 8.51. The monoisotopic (exact) mass is 843 g/mol. The highest BCUT2D eigenvalue weighted by molar-refractivity contribution is 6.09. The Morgan fingerprint density at radius 2 is 0.864 bits per heavy atom. The summed E-state index contributed by atoms with van der Waals surface area (Å²) in [4.78, 5) is 2.50. The molecule has 0 aliphatic heterocycles. The number of furan rings is 1. The molecule has 66 heavy (non-hydrogen) atoms. The second-order valence-corrected chi connectivity index (χ2v) is 18.4. The standard InChI is InChI=1S/C64H45NO/c1-63(2)56-28-13-9-23-50(56)52-38-36-46(40-58(52)63)65(60-30-15-11-22-48(60)42-18-5-3-6-19-42)47-37-39-53-51-24-10-14-29-57(51)64(59(53)41-47,44-20-7-4-8-21-44)45-34-32-43(33-35-45)49-26-17-27-55-54-25-12-16-31-61(54)66-62(49)55/h3-41H,1-2H3. The number of hydrogen-bond donors (Lipinski definition) is 0. The average Bonchev–Trinajstić information content (AvgIpc) is 3.98. The number of benzene rings is 10. The van der Waals surface area contributed by atoms with Gasteiger partial charge in [0.05, 0.1) is 11.1 Å². The van der Waals surface area contributed by atoms with Gasteiger partial charge in [0.2, 0.25) is 0 Å². The summed E-state index contributed by atoms with van der Waals surface area (Å²) in [5.74, 6) is 0. The summed E-state index contributed by atoms with van der Waals surface area (Å²) in [6.45, 7) is 4.74. The maximum atomic E-state index is 6.54. The van der Waals surface area contributed by atoms with E-state index in [1.54, 1.807) is 0 Å². The molecule has 0 spiro atoms. The molecule has 2 heteroatoms. The Morgan fingerprint density at radius 1 is 0.348 bits per heavy atom. The lowest BCUT2D eigenvalue weighted by molar-refractivity contribution is 0.660. The Morgan fingerprint density at radius 3 is 1.62 bits per heavy atom. The van der Waals surface area contributed by atoms with Crippen molar-refractivity contribution >= 4 is 39.0 Å². The molecule has 1 heterocycles. The number of anilines is 3. The van der Waals surface area contributed by atoms with Crippen molar-refractivity contribution in [1.29, 1.82) is 0 Å². The molecule has 1 unspecified atom stereocenters. The van der Waals surface area contributed by atoms with Crippen LogP contribution in [0.15, 0.2) is 241 Å². The molecule has 13 rings (SSSR count).